The largest absolute Gasteiger partial charge is 0.310 e. The summed E-state index contributed by atoms with van der Waals surface area (Å²) >= 11 is 0. The first-order chi connectivity index (χ1) is 33.7. The van der Waals surface area contributed by atoms with E-state index in [2.05, 4.69) is 290 Å². The van der Waals surface area contributed by atoms with Crippen molar-refractivity contribution in [1.29, 1.82) is 0 Å². The molecule has 0 atom stereocenters. The summed E-state index contributed by atoms with van der Waals surface area (Å²) in [5.41, 5.74) is 22.2. The standard InChI is InChI=1S/C67H47N/c1-5-20-48(21-6-1)50-36-38-51(39-37-50)59-30-13-14-31-60(59)52-40-42-57(43-41-52)68(66-35-18-16-32-61(66)54-25-19-24-53(46-54)49-22-7-2-8-23-49)58-44-45-63-62-33-15-17-34-64(62)67(65(63)47-58,55-26-9-3-10-27-55)56-28-11-4-12-29-56/h1-47H. The molecule has 0 aliphatic heterocycles. The Morgan fingerprint density at radius 2 is 0.632 bits per heavy atom. The minimum absolute atomic E-state index is 0.535. The highest BCUT2D eigenvalue weighted by Gasteiger charge is 2.46. The van der Waals surface area contributed by atoms with Gasteiger partial charge in [0.15, 0.2) is 0 Å². The van der Waals surface area contributed by atoms with E-state index in [0.29, 0.717) is 0 Å². The molecule has 0 heterocycles. The van der Waals surface area contributed by atoms with Gasteiger partial charge in [-0.2, -0.15) is 0 Å². The summed E-state index contributed by atoms with van der Waals surface area (Å²) < 4.78 is 0. The predicted molar refractivity (Wildman–Crippen MR) is 286 cm³/mol. The summed E-state index contributed by atoms with van der Waals surface area (Å²) in [5.74, 6) is 0. The molecule has 0 amide bonds. The van der Waals surface area contributed by atoms with E-state index in [1.807, 2.05) is 0 Å². The Balaban J connectivity index is 1.03. The van der Waals surface area contributed by atoms with Crippen LogP contribution in [0.4, 0.5) is 17.1 Å². The van der Waals surface area contributed by atoms with Crippen molar-refractivity contribution in [3.63, 3.8) is 0 Å². The lowest BCUT2D eigenvalue weighted by Crippen LogP contribution is -2.28. The fourth-order valence-electron chi connectivity index (χ4n) is 10.7. The first-order valence-corrected chi connectivity index (χ1v) is 23.5. The Kier molecular flexibility index (Phi) is 10.5. The van der Waals surface area contributed by atoms with E-state index in [4.69, 9.17) is 0 Å². The Labute approximate surface area is 399 Å². The topological polar surface area (TPSA) is 3.24 Å². The van der Waals surface area contributed by atoms with Crippen molar-refractivity contribution >= 4 is 17.1 Å². The lowest BCUT2D eigenvalue weighted by atomic mass is 9.67. The van der Waals surface area contributed by atoms with Crippen molar-refractivity contribution in [2.45, 2.75) is 5.41 Å². The summed E-state index contributed by atoms with van der Waals surface area (Å²) in [7, 11) is 0. The van der Waals surface area contributed by atoms with E-state index in [-0.39, 0.29) is 0 Å². The van der Waals surface area contributed by atoms with E-state index in [1.165, 1.54) is 72.3 Å². The highest BCUT2D eigenvalue weighted by molar-refractivity contribution is 5.94. The molecule has 0 bridgehead atoms. The minimum atomic E-state index is -0.535. The number of hydrogen-bond donors (Lipinski definition) is 0. The summed E-state index contributed by atoms with van der Waals surface area (Å²) in [4.78, 5) is 2.46. The van der Waals surface area contributed by atoms with Gasteiger partial charge in [-0.25, -0.2) is 0 Å². The number of hydrogen-bond acceptors (Lipinski definition) is 1. The summed E-state index contributed by atoms with van der Waals surface area (Å²) in [5, 5.41) is 0. The van der Waals surface area contributed by atoms with Crippen LogP contribution in [0.3, 0.4) is 0 Å². The van der Waals surface area contributed by atoms with Crippen LogP contribution in [0.25, 0.3) is 66.8 Å². The number of fused-ring (bicyclic) bond motifs is 3. The second-order valence-corrected chi connectivity index (χ2v) is 17.6. The van der Waals surface area contributed by atoms with Gasteiger partial charge in [0.2, 0.25) is 0 Å². The number of benzene rings is 11. The van der Waals surface area contributed by atoms with Crippen LogP contribution in [0.15, 0.2) is 285 Å². The first-order valence-electron chi connectivity index (χ1n) is 23.5. The molecule has 1 nitrogen and oxygen atoms in total. The van der Waals surface area contributed by atoms with Crippen LogP contribution in [0.5, 0.6) is 0 Å². The van der Waals surface area contributed by atoms with Crippen molar-refractivity contribution in [2.24, 2.45) is 0 Å². The van der Waals surface area contributed by atoms with Crippen LogP contribution in [-0.4, -0.2) is 0 Å². The number of nitrogens with zero attached hydrogens (tertiary/aromatic N) is 1. The number of rotatable bonds is 10. The third-order valence-corrected chi connectivity index (χ3v) is 13.8. The minimum Gasteiger partial charge on any atom is -0.310 e. The predicted octanol–water partition coefficient (Wildman–Crippen LogP) is 17.9. The van der Waals surface area contributed by atoms with E-state index < -0.39 is 5.41 Å². The summed E-state index contributed by atoms with van der Waals surface area (Å²) in [6.45, 7) is 0. The van der Waals surface area contributed by atoms with Gasteiger partial charge >= 0.3 is 0 Å². The van der Waals surface area contributed by atoms with Crippen LogP contribution in [0, 0.1) is 0 Å². The maximum absolute atomic E-state index is 2.47. The molecule has 12 rings (SSSR count). The second kappa shape index (κ2) is 17.5. The van der Waals surface area contributed by atoms with Gasteiger partial charge in [-0.05, 0) is 120 Å². The highest BCUT2D eigenvalue weighted by Crippen LogP contribution is 2.57. The Hall–Kier alpha value is -8.78. The van der Waals surface area contributed by atoms with Gasteiger partial charge in [0.1, 0.15) is 0 Å². The van der Waals surface area contributed by atoms with Gasteiger partial charge in [0, 0.05) is 16.9 Å². The molecule has 0 unspecified atom stereocenters. The molecular formula is C67H47N. The van der Waals surface area contributed by atoms with E-state index in [0.717, 1.165) is 33.8 Å². The quantitative estimate of drug-likeness (QED) is 0.132. The maximum atomic E-state index is 2.47. The molecule has 11 aromatic carbocycles. The zero-order valence-electron chi connectivity index (χ0n) is 37.6. The zero-order chi connectivity index (χ0) is 45.3. The lowest BCUT2D eigenvalue weighted by Gasteiger charge is -2.35. The van der Waals surface area contributed by atoms with Crippen LogP contribution in [0.2, 0.25) is 0 Å². The average Bonchev–Trinajstić information content (AvgIpc) is 3.73. The fourth-order valence-corrected chi connectivity index (χ4v) is 10.7. The molecule has 1 aliphatic rings. The summed E-state index contributed by atoms with van der Waals surface area (Å²) in [6, 6.07) is 104. The molecule has 0 saturated heterocycles. The monoisotopic (exact) mass is 865 g/mol. The van der Waals surface area contributed by atoms with Crippen LogP contribution in [0.1, 0.15) is 22.3 Å². The van der Waals surface area contributed by atoms with Gasteiger partial charge < -0.3 is 4.90 Å². The molecule has 1 heteroatoms. The van der Waals surface area contributed by atoms with Crippen LogP contribution < -0.4 is 4.90 Å². The van der Waals surface area contributed by atoms with Gasteiger partial charge in [-0.1, -0.05) is 249 Å². The first kappa shape index (κ1) is 40.7. The van der Waals surface area contributed by atoms with E-state index >= 15 is 0 Å². The van der Waals surface area contributed by atoms with Crippen molar-refractivity contribution in [3.05, 3.63) is 307 Å². The van der Waals surface area contributed by atoms with Gasteiger partial charge in [0.25, 0.3) is 0 Å². The smallest absolute Gasteiger partial charge is 0.0714 e. The van der Waals surface area contributed by atoms with Gasteiger partial charge in [-0.15, -0.1) is 0 Å². The SMILES string of the molecule is c1ccc(-c2ccc(-c3ccccc3-c3ccc(N(c4ccc5c(c4)C(c4ccccc4)(c4ccccc4)c4ccccc4-5)c4ccccc4-c4cccc(-c5ccccc5)c4)cc3)cc2)cc1. The third-order valence-electron chi connectivity index (χ3n) is 13.8. The molecule has 68 heavy (non-hydrogen) atoms. The van der Waals surface area contributed by atoms with Crippen molar-refractivity contribution in [2.75, 3.05) is 4.90 Å². The molecule has 0 fully saturated rings. The second-order valence-electron chi connectivity index (χ2n) is 17.6. The third kappa shape index (κ3) is 7.13. The molecule has 0 saturated carbocycles. The molecule has 0 radical (unpaired) electrons. The molecular weight excluding hydrogens is 819 g/mol. The van der Waals surface area contributed by atoms with Crippen LogP contribution >= 0.6 is 0 Å². The van der Waals surface area contributed by atoms with Crippen molar-refractivity contribution < 1.29 is 0 Å². The lowest BCUT2D eigenvalue weighted by molar-refractivity contribution is 0.768. The van der Waals surface area contributed by atoms with E-state index in [9.17, 15) is 0 Å². The Morgan fingerprint density at radius 3 is 1.25 bits per heavy atom. The number of anilines is 3. The molecule has 320 valence electrons. The Bertz CT molecular complexity index is 3480. The highest BCUT2D eigenvalue weighted by atomic mass is 15.1. The average molecular weight is 866 g/mol. The molecule has 0 spiro atoms. The fraction of sp³-hybridized carbons (Fsp3) is 0.0149. The molecule has 11 aromatic rings. The van der Waals surface area contributed by atoms with Gasteiger partial charge in [-0.3, -0.25) is 0 Å². The molecule has 1 aliphatic carbocycles. The Morgan fingerprint density at radius 1 is 0.221 bits per heavy atom. The molecule has 0 aromatic heterocycles. The maximum Gasteiger partial charge on any atom is 0.0714 e. The normalized spacial score (nSPS) is 12.2. The van der Waals surface area contributed by atoms with E-state index in [1.54, 1.807) is 0 Å². The van der Waals surface area contributed by atoms with Crippen molar-refractivity contribution in [1.82, 2.24) is 0 Å². The van der Waals surface area contributed by atoms with Gasteiger partial charge in [0.05, 0.1) is 11.1 Å². The van der Waals surface area contributed by atoms with Crippen LogP contribution in [-0.2, 0) is 5.41 Å². The summed E-state index contributed by atoms with van der Waals surface area (Å²) in [6.07, 6.45) is 0. The van der Waals surface area contributed by atoms with Crippen molar-refractivity contribution in [3.8, 4) is 66.8 Å². The molecule has 0 N–H and O–H groups in total. The number of para-hydroxylation sites is 1. The zero-order valence-corrected chi connectivity index (χ0v) is 37.6.